The van der Waals surface area contributed by atoms with Crippen molar-refractivity contribution < 1.29 is 24.0 Å². The molecule has 1 aromatic carbocycles. The zero-order valence-corrected chi connectivity index (χ0v) is 12.9. The molecule has 2 rings (SSSR count). The number of carbonyl (C=O) groups excluding carboxylic acids is 3. The maximum atomic E-state index is 12.1. The average molecular weight is 339 g/mol. The van der Waals surface area contributed by atoms with Gasteiger partial charge in [0.25, 0.3) is 10.9 Å². The van der Waals surface area contributed by atoms with Gasteiger partial charge < -0.3 is 10.1 Å². The number of nitrogens with zero attached hydrogens (tertiary/aromatic N) is 2. The largest absolute Gasteiger partial charge is 0.469 e. The van der Waals surface area contributed by atoms with Crippen LogP contribution < -0.4 is 5.32 Å². The number of methoxy groups -OCH3 is 1. The molecule has 9 nitrogen and oxygen atoms in total. The zero-order valence-electron chi connectivity index (χ0n) is 12.1. The number of anilines is 1. The fourth-order valence-corrected chi connectivity index (χ4v) is 2.85. The fraction of sp³-hybridized carbons (Fsp3) is 0.308. The number of ether oxygens (including phenoxy) is 1. The topological polar surface area (TPSA) is 119 Å². The molecule has 1 fully saturated rings. The predicted octanol–water partition coefficient (Wildman–Crippen LogP) is 1.59. The van der Waals surface area contributed by atoms with Gasteiger partial charge in [0.05, 0.1) is 25.1 Å². The number of benzene rings is 1. The Labute approximate surface area is 135 Å². The second-order valence-electron chi connectivity index (χ2n) is 4.56. The molecule has 1 aliphatic rings. The first-order chi connectivity index (χ1) is 10.9. The number of imide groups is 1. The molecule has 1 unspecified atom stereocenters. The number of hydrogen-bond donors (Lipinski definition) is 1. The Hall–Kier alpha value is -2.62. The van der Waals surface area contributed by atoms with Crippen LogP contribution >= 0.6 is 11.8 Å². The minimum absolute atomic E-state index is 0.0578. The van der Waals surface area contributed by atoms with E-state index in [4.69, 9.17) is 0 Å². The number of thioether (sulfide) groups is 1. The summed E-state index contributed by atoms with van der Waals surface area (Å²) < 4.78 is 4.49. The van der Waals surface area contributed by atoms with Crippen molar-refractivity contribution in [3.63, 3.8) is 0 Å². The van der Waals surface area contributed by atoms with E-state index in [-0.39, 0.29) is 18.8 Å². The molecule has 1 aliphatic heterocycles. The van der Waals surface area contributed by atoms with Crippen LogP contribution in [0.3, 0.4) is 0 Å². The molecule has 23 heavy (non-hydrogen) atoms. The van der Waals surface area contributed by atoms with E-state index in [1.807, 2.05) is 0 Å². The van der Waals surface area contributed by atoms with Crippen molar-refractivity contribution in [1.29, 1.82) is 0 Å². The summed E-state index contributed by atoms with van der Waals surface area (Å²) in [4.78, 5) is 46.1. The van der Waals surface area contributed by atoms with Crippen molar-refractivity contribution in [3.05, 3.63) is 34.4 Å². The molecule has 0 spiro atoms. The third-order valence-corrected chi connectivity index (χ3v) is 4.18. The van der Waals surface area contributed by atoms with Crippen LogP contribution in [-0.4, -0.2) is 46.0 Å². The molecule has 1 heterocycles. The summed E-state index contributed by atoms with van der Waals surface area (Å²) in [6.07, 6.45) is -0.167. The fourth-order valence-electron chi connectivity index (χ4n) is 1.88. The van der Waals surface area contributed by atoms with Gasteiger partial charge in [-0.25, -0.2) is 0 Å². The molecule has 1 N–H and O–H groups in total. The second kappa shape index (κ2) is 7.09. The van der Waals surface area contributed by atoms with Gasteiger partial charge >= 0.3 is 5.97 Å². The summed E-state index contributed by atoms with van der Waals surface area (Å²) in [6.45, 7) is -0.0832. The van der Waals surface area contributed by atoms with Gasteiger partial charge in [0.15, 0.2) is 0 Å². The number of esters is 1. The van der Waals surface area contributed by atoms with Gasteiger partial charge in [-0.3, -0.25) is 29.4 Å². The molecule has 2 amide bonds. The third-order valence-electron chi connectivity index (χ3n) is 3.10. The standard InChI is InChI=1S/C13H13N3O6S/c1-22-11(17)6-10-12(18)15(13(19)23-10)7-14-8-2-4-9(5-3-8)16(20)21/h2-5,10,14H,6-7H2,1H3. The Morgan fingerprint density at radius 3 is 2.61 bits per heavy atom. The highest BCUT2D eigenvalue weighted by atomic mass is 32.2. The normalized spacial score (nSPS) is 17.3. The summed E-state index contributed by atoms with van der Waals surface area (Å²) in [7, 11) is 1.21. The summed E-state index contributed by atoms with van der Waals surface area (Å²) in [5, 5.41) is 12.2. The van der Waals surface area contributed by atoms with Crippen LogP contribution in [0.4, 0.5) is 16.2 Å². The highest BCUT2D eigenvalue weighted by Gasteiger charge is 2.40. The van der Waals surface area contributed by atoms with Gasteiger partial charge in [0.1, 0.15) is 5.25 Å². The van der Waals surface area contributed by atoms with Crippen molar-refractivity contribution in [2.75, 3.05) is 19.1 Å². The third kappa shape index (κ3) is 3.97. The first kappa shape index (κ1) is 16.7. The molecular weight excluding hydrogens is 326 g/mol. The number of non-ortho nitro benzene ring substituents is 1. The van der Waals surface area contributed by atoms with Gasteiger partial charge in [-0.1, -0.05) is 11.8 Å². The van der Waals surface area contributed by atoms with Crippen LogP contribution in [0.25, 0.3) is 0 Å². The van der Waals surface area contributed by atoms with Crippen molar-refractivity contribution in [1.82, 2.24) is 4.90 Å². The first-order valence-electron chi connectivity index (χ1n) is 6.49. The lowest BCUT2D eigenvalue weighted by Gasteiger charge is -2.15. The monoisotopic (exact) mass is 339 g/mol. The number of carbonyl (C=O) groups is 3. The maximum Gasteiger partial charge on any atom is 0.307 e. The number of nitro benzene ring substituents is 1. The van der Waals surface area contributed by atoms with E-state index in [9.17, 15) is 24.5 Å². The maximum absolute atomic E-state index is 12.1. The average Bonchev–Trinajstić information content (AvgIpc) is 2.79. The van der Waals surface area contributed by atoms with Gasteiger partial charge in [-0.05, 0) is 12.1 Å². The van der Waals surface area contributed by atoms with E-state index in [0.29, 0.717) is 5.69 Å². The summed E-state index contributed by atoms with van der Waals surface area (Å²) in [5.74, 6) is -1.03. The highest BCUT2D eigenvalue weighted by Crippen LogP contribution is 2.29. The van der Waals surface area contributed by atoms with E-state index in [0.717, 1.165) is 16.7 Å². The molecule has 0 saturated carbocycles. The SMILES string of the molecule is COC(=O)CC1SC(=O)N(CNc2ccc([N+](=O)[O-])cc2)C1=O. The van der Waals surface area contributed by atoms with E-state index in [1.165, 1.54) is 31.4 Å². The molecular formula is C13H13N3O6S. The number of nitro groups is 1. The number of nitrogens with one attached hydrogen (secondary N) is 1. The zero-order chi connectivity index (χ0) is 17.0. The van der Waals surface area contributed by atoms with E-state index >= 15 is 0 Å². The van der Waals surface area contributed by atoms with Gasteiger partial charge in [-0.15, -0.1) is 0 Å². The number of amides is 2. The Kier molecular flexibility index (Phi) is 5.16. The van der Waals surface area contributed by atoms with Gasteiger partial charge in [0.2, 0.25) is 5.91 Å². The smallest absolute Gasteiger partial charge is 0.307 e. The first-order valence-corrected chi connectivity index (χ1v) is 7.37. The van der Waals surface area contributed by atoms with E-state index in [1.54, 1.807) is 0 Å². The van der Waals surface area contributed by atoms with Gasteiger partial charge in [0, 0.05) is 17.8 Å². The summed E-state index contributed by atoms with van der Waals surface area (Å²) in [5.41, 5.74) is 0.468. The Bertz CT molecular complexity index is 648. The molecule has 1 atom stereocenters. The van der Waals surface area contributed by atoms with Crippen LogP contribution in [0.15, 0.2) is 24.3 Å². The molecule has 1 aromatic rings. The quantitative estimate of drug-likeness (QED) is 0.471. The van der Waals surface area contributed by atoms with E-state index in [2.05, 4.69) is 10.1 Å². The molecule has 0 aliphatic carbocycles. The van der Waals surface area contributed by atoms with Crippen LogP contribution in [0, 0.1) is 10.1 Å². The second-order valence-corrected chi connectivity index (χ2v) is 5.71. The van der Waals surface area contributed by atoms with Crippen molar-refractivity contribution in [3.8, 4) is 0 Å². The Morgan fingerprint density at radius 1 is 1.39 bits per heavy atom. The van der Waals surface area contributed by atoms with Crippen LogP contribution in [0.1, 0.15) is 6.42 Å². The van der Waals surface area contributed by atoms with Crippen LogP contribution in [-0.2, 0) is 14.3 Å². The minimum atomic E-state index is -0.784. The molecule has 0 radical (unpaired) electrons. The van der Waals surface area contributed by atoms with Gasteiger partial charge in [-0.2, -0.15) is 0 Å². The minimum Gasteiger partial charge on any atom is -0.469 e. The molecule has 1 saturated heterocycles. The van der Waals surface area contributed by atoms with Crippen LogP contribution in [0.5, 0.6) is 0 Å². The lowest BCUT2D eigenvalue weighted by atomic mass is 10.2. The molecule has 10 heteroatoms. The van der Waals surface area contributed by atoms with Crippen molar-refractivity contribution in [2.24, 2.45) is 0 Å². The number of hydrogen-bond acceptors (Lipinski definition) is 8. The summed E-state index contributed by atoms with van der Waals surface area (Å²) in [6, 6.07) is 5.57. The lowest BCUT2D eigenvalue weighted by Crippen LogP contribution is -2.36. The molecule has 0 aromatic heterocycles. The Balaban J connectivity index is 1.94. The van der Waals surface area contributed by atoms with Crippen molar-refractivity contribution in [2.45, 2.75) is 11.7 Å². The Morgan fingerprint density at radius 2 is 2.04 bits per heavy atom. The van der Waals surface area contributed by atoms with Crippen molar-refractivity contribution >= 4 is 40.3 Å². The van der Waals surface area contributed by atoms with Crippen LogP contribution in [0.2, 0.25) is 0 Å². The molecule has 122 valence electrons. The highest BCUT2D eigenvalue weighted by molar-refractivity contribution is 8.15. The van der Waals surface area contributed by atoms with E-state index < -0.39 is 27.3 Å². The lowest BCUT2D eigenvalue weighted by molar-refractivity contribution is -0.384. The summed E-state index contributed by atoms with van der Waals surface area (Å²) >= 11 is 0.774. The predicted molar refractivity (Wildman–Crippen MR) is 81.8 cm³/mol. The number of rotatable bonds is 6. The molecule has 0 bridgehead atoms.